The first kappa shape index (κ1) is 14.9. The maximum absolute atomic E-state index is 13.8. The van der Waals surface area contributed by atoms with Gasteiger partial charge in [-0.2, -0.15) is 0 Å². The molecule has 1 aliphatic carbocycles. The van der Waals surface area contributed by atoms with E-state index in [0.717, 1.165) is 31.7 Å². The van der Waals surface area contributed by atoms with Gasteiger partial charge in [0.25, 0.3) is 0 Å². The average molecular weight is 317 g/mol. The molecule has 2 heterocycles. The first-order valence-electron chi connectivity index (χ1n) is 8.56. The molecule has 4 heteroatoms. The molecule has 0 radical (unpaired) electrons. The van der Waals surface area contributed by atoms with Gasteiger partial charge in [-0.25, -0.2) is 8.78 Å². The molecule has 1 aromatic rings. The fraction of sp³-hybridized carbons (Fsp3) is 0.526. The number of fused-ring (bicyclic) bond motifs is 2. The summed E-state index contributed by atoms with van der Waals surface area (Å²) in [6.45, 7) is 0. The molecule has 2 atom stereocenters. The number of halogens is 2. The molecule has 0 N–H and O–H groups in total. The first-order chi connectivity index (χ1) is 11.1. The van der Waals surface area contributed by atoms with Crippen molar-refractivity contribution in [2.75, 3.05) is 0 Å². The van der Waals surface area contributed by atoms with Crippen molar-refractivity contribution in [3.63, 3.8) is 0 Å². The Morgan fingerprint density at radius 1 is 1.09 bits per heavy atom. The Hall–Kier alpha value is -1.71. The van der Waals surface area contributed by atoms with Crippen molar-refractivity contribution < 1.29 is 13.6 Å². The van der Waals surface area contributed by atoms with E-state index in [9.17, 15) is 13.6 Å². The van der Waals surface area contributed by atoms with Gasteiger partial charge in [0.2, 0.25) is 5.91 Å². The van der Waals surface area contributed by atoms with Gasteiger partial charge >= 0.3 is 0 Å². The van der Waals surface area contributed by atoms with E-state index in [4.69, 9.17) is 0 Å². The number of hydrogen-bond donors (Lipinski definition) is 0. The van der Waals surface area contributed by atoms with Crippen LogP contribution in [-0.2, 0) is 11.2 Å². The fourth-order valence-electron chi connectivity index (χ4n) is 4.34. The molecular weight excluding hydrogens is 296 g/mol. The molecule has 1 amide bonds. The molecule has 2 nitrogen and oxygen atoms in total. The Bertz CT molecular complexity index is 660. The number of hydrogen-bond acceptors (Lipinski definition) is 1. The molecule has 3 aliphatic rings. The molecule has 122 valence electrons. The summed E-state index contributed by atoms with van der Waals surface area (Å²) in [6.07, 6.45) is 7.93. The van der Waals surface area contributed by atoms with Crippen LogP contribution < -0.4 is 0 Å². The van der Waals surface area contributed by atoms with Crippen LogP contribution in [-0.4, -0.2) is 22.9 Å². The van der Waals surface area contributed by atoms with Crippen LogP contribution in [0.15, 0.2) is 29.3 Å². The van der Waals surface area contributed by atoms with E-state index in [0.29, 0.717) is 5.56 Å². The van der Waals surface area contributed by atoms with Crippen molar-refractivity contribution in [2.24, 2.45) is 0 Å². The molecule has 1 saturated carbocycles. The zero-order valence-corrected chi connectivity index (χ0v) is 13.2. The number of rotatable bonds is 2. The Morgan fingerprint density at radius 3 is 2.35 bits per heavy atom. The van der Waals surface area contributed by atoms with E-state index in [1.165, 1.54) is 31.4 Å². The van der Waals surface area contributed by atoms with Gasteiger partial charge in [0.1, 0.15) is 11.6 Å². The SMILES string of the molecule is O=C(Cc1ccc(F)cc1F)N1C2CCC1CC(=C1CCC1)C2. The maximum Gasteiger partial charge on any atom is 0.227 e. The van der Waals surface area contributed by atoms with Gasteiger partial charge in [0.05, 0.1) is 6.42 Å². The highest BCUT2D eigenvalue weighted by Gasteiger charge is 2.42. The van der Waals surface area contributed by atoms with Crippen LogP contribution in [0.4, 0.5) is 8.78 Å². The van der Waals surface area contributed by atoms with Gasteiger partial charge in [0, 0.05) is 18.2 Å². The minimum atomic E-state index is -0.625. The zero-order valence-electron chi connectivity index (χ0n) is 13.2. The third-order valence-corrected chi connectivity index (χ3v) is 5.69. The van der Waals surface area contributed by atoms with E-state index in [-0.39, 0.29) is 24.4 Å². The minimum absolute atomic E-state index is 0.0133. The molecule has 23 heavy (non-hydrogen) atoms. The number of nitrogens with zero attached hydrogens (tertiary/aromatic N) is 1. The highest BCUT2D eigenvalue weighted by molar-refractivity contribution is 5.80. The molecule has 0 aromatic heterocycles. The summed E-state index contributed by atoms with van der Waals surface area (Å²) in [5, 5.41) is 0. The predicted octanol–water partition coefficient (Wildman–Crippen LogP) is 4.14. The lowest BCUT2D eigenvalue weighted by atomic mass is 9.82. The van der Waals surface area contributed by atoms with Crippen molar-refractivity contribution in [1.29, 1.82) is 0 Å². The third-order valence-electron chi connectivity index (χ3n) is 5.69. The molecule has 0 spiro atoms. The van der Waals surface area contributed by atoms with Gasteiger partial charge in [-0.3, -0.25) is 4.79 Å². The van der Waals surface area contributed by atoms with Crippen LogP contribution in [0.3, 0.4) is 0 Å². The Kier molecular flexibility index (Phi) is 3.70. The third kappa shape index (κ3) is 2.68. The van der Waals surface area contributed by atoms with E-state index in [1.807, 2.05) is 4.90 Å². The first-order valence-corrected chi connectivity index (χ1v) is 8.56. The molecule has 1 aromatic carbocycles. The monoisotopic (exact) mass is 317 g/mol. The lowest BCUT2D eigenvalue weighted by molar-refractivity contribution is -0.134. The highest BCUT2D eigenvalue weighted by atomic mass is 19.1. The van der Waals surface area contributed by atoms with Gasteiger partial charge in [-0.15, -0.1) is 0 Å². The van der Waals surface area contributed by atoms with E-state index >= 15 is 0 Å². The van der Waals surface area contributed by atoms with Crippen LogP contribution in [0.2, 0.25) is 0 Å². The van der Waals surface area contributed by atoms with E-state index < -0.39 is 11.6 Å². The number of carbonyl (C=O) groups excluding carboxylic acids is 1. The predicted molar refractivity (Wildman–Crippen MR) is 83.8 cm³/mol. The number of piperidine rings is 1. The summed E-state index contributed by atoms with van der Waals surface area (Å²) < 4.78 is 26.8. The fourth-order valence-corrected chi connectivity index (χ4v) is 4.34. The Morgan fingerprint density at radius 2 is 1.78 bits per heavy atom. The number of amides is 1. The van der Waals surface area contributed by atoms with Crippen LogP contribution in [0.25, 0.3) is 0 Å². The lowest BCUT2D eigenvalue weighted by Crippen LogP contribution is -2.45. The van der Waals surface area contributed by atoms with E-state index in [2.05, 4.69) is 0 Å². The second-order valence-corrected chi connectivity index (χ2v) is 7.07. The molecule has 2 saturated heterocycles. The minimum Gasteiger partial charge on any atom is -0.336 e. The quantitative estimate of drug-likeness (QED) is 0.751. The zero-order chi connectivity index (χ0) is 16.0. The highest BCUT2D eigenvalue weighted by Crippen LogP contribution is 2.43. The largest absolute Gasteiger partial charge is 0.336 e. The van der Waals surface area contributed by atoms with Crippen LogP contribution in [0.1, 0.15) is 50.5 Å². The molecule has 4 rings (SSSR count). The van der Waals surface area contributed by atoms with Crippen molar-refractivity contribution >= 4 is 5.91 Å². The van der Waals surface area contributed by atoms with Crippen LogP contribution in [0.5, 0.6) is 0 Å². The number of benzene rings is 1. The summed E-state index contributed by atoms with van der Waals surface area (Å²) in [6, 6.07) is 4.03. The van der Waals surface area contributed by atoms with Crippen molar-refractivity contribution in [2.45, 2.75) is 63.5 Å². The van der Waals surface area contributed by atoms with Gasteiger partial charge in [-0.1, -0.05) is 17.2 Å². The van der Waals surface area contributed by atoms with Crippen molar-refractivity contribution in [1.82, 2.24) is 4.90 Å². The van der Waals surface area contributed by atoms with Crippen molar-refractivity contribution in [3.8, 4) is 0 Å². The van der Waals surface area contributed by atoms with Gasteiger partial charge in [-0.05, 0) is 56.6 Å². The second-order valence-electron chi connectivity index (χ2n) is 7.07. The average Bonchev–Trinajstić information content (AvgIpc) is 2.72. The summed E-state index contributed by atoms with van der Waals surface area (Å²) in [5.74, 6) is -1.24. The molecular formula is C19H21F2NO. The molecule has 2 bridgehead atoms. The summed E-state index contributed by atoms with van der Waals surface area (Å²) in [7, 11) is 0. The smallest absolute Gasteiger partial charge is 0.227 e. The Labute approximate surface area is 135 Å². The lowest BCUT2D eigenvalue weighted by Gasteiger charge is -2.38. The molecule has 2 aliphatic heterocycles. The standard InChI is InChI=1S/C19H21F2NO/c20-15-5-4-13(18(21)11-15)10-19(23)22-16-6-7-17(22)9-14(8-16)12-2-1-3-12/h4-5,11,16-17H,1-3,6-10H2. The van der Waals surface area contributed by atoms with Crippen LogP contribution in [0, 0.1) is 11.6 Å². The summed E-state index contributed by atoms with van der Waals surface area (Å²) >= 11 is 0. The summed E-state index contributed by atoms with van der Waals surface area (Å²) in [4.78, 5) is 14.7. The molecule has 2 unspecified atom stereocenters. The topological polar surface area (TPSA) is 20.3 Å². The van der Waals surface area contributed by atoms with Gasteiger partial charge in [0.15, 0.2) is 0 Å². The van der Waals surface area contributed by atoms with Crippen molar-refractivity contribution in [3.05, 3.63) is 46.5 Å². The number of carbonyl (C=O) groups is 1. The van der Waals surface area contributed by atoms with Gasteiger partial charge < -0.3 is 4.90 Å². The maximum atomic E-state index is 13.8. The number of allylic oxidation sites excluding steroid dienone is 1. The summed E-state index contributed by atoms with van der Waals surface area (Å²) in [5.41, 5.74) is 3.50. The second kappa shape index (κ2) is 5.73. The molecule has 3 fully saturated rings. The normalized spacial score (nSPS) is 26.4. The Balaban J connectivity index is 1.49. The van der Waals surface area contributed by atoms with Crippen LogP contribution >= 0.6 is 0 Å². The van der Waals surface area contributed by atoms with E-state index in [1.54, 1.807) is 11.1 Å².